The minimum absolute atomic E-state index is 0.0734. The number of nitrogens with one attached hydrogen (secondary N) is 1. The van der Waals surface area contributed by atoms with Gasteiger partial charge in [0.05, 0.1) is 17.7 Å². The molecule has 2 atom stereocenters. The van der Waals surface area contributed by atoms with Crippen LogP contribution >= 0.6 is 0 Å². The van der Waals surface area contributed by atoms with Crippen molar-refractivity contribution in [3.8, 4) is 0 Å². The number of rotatable bonds is 6. The summed E-state index contributed by atoms with van der Waals surface area (Å²) in [4.78, 5) is 24.8. The molecule has 0 spiro atoms. The average molecular weight is 413 g/mol. The number of halogens is 4. The maximum atomic E-state index is 13.3. The first-order valence-corrected chi connectivity index (χ1v) is 8.64. The molecule has 2 rings (SSSR count). The van der Waals surface area contributed by atoms with Gasteiger partial charge in [0.1, 0.15) is 11.9 Å². The van der Waals surface area contributed by atoms with Gasteiger partial charge in [0, 0.05) is 0 Å². The summed E-state index contributed by atoms with van der Waals surface area (Å²) in [6.45, 7) is 3.08. The second-order valence-electron chi connectivity index (χ2n) is 6.19. The summed E-state index contributed by atoms with van der Waals surface area (Å²) in [5.74, 6) is -3.49. The van der Waals surface area contributed by atoms with Crippen molar-refractivity contribution in [2.24, 2.45) is 0 Å². The van der Waals surface area contributed by atoms with Crippen molar-refractivity contribution in [1.29, 1.82) is 0 Å². The molecule has 0 heterocycles. The molecule has 2 N–H and O–H groups in total. The summed E-state index contributed by atoms with van der Waals surface area (Å²) >= 11 is 0. The second kappa shape index (κ2) is 9.04. The molecule has 2 aromatic carbocycles. The number of aliphatic hydroxyl groups is 1. The molecule has 0 saturated carbocycles. The third-order valence-electron chi connectivity index (χ3n) is 4.18. The van der Waals surface area contributed by atoms with Crippen molar-refractivity contribution in [1.82, 2.24) is 5.32 Å². The molecule has 0 bridgehead atoms. The fourth-order valence-corrected chi connectivity index (χ4v) is 2.76. The monoisotopic (exact) mass is 413 g/mol. The van der Waals surface area contributed by atoms with Gasteiger partial charge in [-0.3, -0.25) is 4.79 Å². The fraction of sp³-hybridized carbons (Fsp3) is 0.300. The van der Waals surface area contributed by atoms with E-state index in [9.17, 15) is 32.3 Å². The lowest BCUT2D eigenvalue weighted by Crippen LogP contribution is -2.46. The normalized spacial score (nSPS) is 13.5. The van der Waals surface area contributed by atoms with E-state index in [1.54, 1.807) is 25.1 Å². The molecule has 0 aliphatic heterocycles. The van der Waals surface area contributed by atoms with Crippen molar-refractivity contribution in [2.75, 3.05) is 6.61 Å². The topological polar surface area (TPSA) is 75.6 Å². The van der Waals surface area contributed by atoms with Gasteiger partial charge in [-0.25, -0.2) is 9.18 Å². The molecule has 2 unspecified atom stereocenters. The molecule has 0 aromatic heterocycles. The van der Waals surface area contributed by atoms with Crippen LogP contribution in [0, 0.1) is 12.7 Å². The molecule has 0 radical (unpaired) electrons. The highest BCUT2D eigenvalue weighted by atomic mass is 19.4. The molecule has 0 aliphatic carbocycles. The van der Waals surface area contributed by atoms with Gasteiger partial charge in [0.25, 0.3) is 5.91 Å². The number of carbonyl (C=O) groups is 2. The molecule has 0 fully saturated rings. The second-order valence-corrected chi connectivity index (χ2v) is 6.19. The third-order valence-corrected chi connectivity index (χ3v) is 4.18. The zero-order chi connectivity index (χ0) is 21.8. The number of hydrogen-bond donors (Lipinski definition) is 2. The van der Waals surface area contributed by atoms with Crippen LogP contribution in [0.2, 0.25) is 0 Å². The van der Waals surface area contributed by atoms with Crippen molar-refractivity contribution in [3.05, 3.63) is 70.5 Å². The Morgan fingerprint density at radius 1 is 1.17 bits per heavy atom. The predicted molar refractivity (Wildman–Crippen MR) is 95.4 cm³/mol. The molecule has 0 aliphatic rings. The summed E-state index contributed by atoms with van der Waals surface area (Å²) in [5, 5.41) is 12.7. The molecular weight excluding hydrogens is 394 g/mol. The first-order valence-electron chi connectivity index (χ1n) is 8.64. The van der Waals surface area contributed by atoms with Gasteiger partial charge in [-0.1, -0.05) is 24.3 Å². The van der Waals surface area contributed by atoms with Crippen molar-refractivity contribution < 1.29 is 37.0 Å². The van der Waals surface area contributed by atoms with Gasteiger partial charge in [0.2, 0.25) is 0 Å². The highest BCUT2D eigenvalue weighted by Crippen LogP contribution is 2.33. The largest absolute Gasteiger partial charge is 0.464 e. The quantitative estimate of drug-likeness (QED) is 0.561. The van der Waals surface area contributed by atoms with E-state index in [0.29, 0.717) is 23.3 Å². The molecule has 5 nitrogen and oxygen atoms in total. The van der Waals surface area contributed by atoms with E-state index in [1.807, 2.05) is 0 Å². The van der Waals surface area contributed by atoms with Crippen LogP contribution < -0.4 is 5.32 Å². The Bertz CT molecular complexity index is 898. The highest BCUT2D eigenvalue weighted by Gasteiger charge is 2.38. The summed E-state index contributed by atoms with van der Waals surface area (Å²) < 4.78 is 57.7. The molecule has 156 valence electrons. The predicted octanol–water partition coefficient (Wildman–Crippen LogP) is 3.55. The van der Waals surface area contributed by atoms with Crippen molar-refractivity contribution in [3.63, 3.8) is 0 Å². The number of aliphatic hydroxyl groups excluding tert-OH is 1. The first-order chi connectivity index (χ1) is 13.6. The lowest BCUT2D eigenvalue weighted by molar-refractivity contribution is -0.148. The molecule has 9 heteroatoms. The molecule has 2 aromatic rings. The summed E-state index contributed by atoms with van der Waals surface area (Å²) in [6.07, 6.45) is -6.57. The van der Waals surface area contributed by atoms with Crippen LogP contribution in [0.5, 0.6) is 0 Å². The number of alkyl halides is 3. The van der Waals surface area contributed by atoms with E-state index in [2.05, 4.69) is 5.32 Å². The number of amides is 1. The van der Waals surface area contributed by atoms with E-state index in [-0.39, 0.29) is 12.7 Å². The zero-order valence-corrected chi connectivity index (χ0v) is 15.6. The number of hydrogen-bond acceptors (Lipinski definition) is 4. The fourth-order valence-electron chi connectivity index (χ4n) is 2.76. The Labute approximate surface area is 164 Å². The average Bonchev–Trinajstić information content (AvgIpc) is 2.65. The van der Waals surface area contributed by atoms with E-state index < -0.39 is 47.1 Å². The SMILES string of the molecule is CCOC(=O)C(NC(=O)c1ccc(F)cc1C(F)(F)F)C(O)c1ccccc1C. The zero-order valence-electron chi connectivity index (χ0n) is 15.6. The first kappa shape index (κ1) is 22.4. The van der Waals surface area contributed by atoms with Gasteiger partial charge in [-0.15, -0.1) is 0 Å². The highest BCUT2D eigenvalue weighted by molar-refractivity contribution is 5.98. The van der Waals surface area contributed by atoms with Gasteiger partial charge in [0.15, 0.2) is 6.04 Å². The lowest BCUT2D eigenvalue weighted by Gasteiger charge is -2.24. The number of aryl methyl sites for hydroxylation is 1. The smallest absolute Gasteiger partial charge is 0.417 e. The Kier molecular flexibility index (Phi) is 6.97. The van der Waals surface area contributed by atoms with Crippen LogP contribution in [0.15, 0.2) is 42.5 Å². The molecule has 29 heavy (non-hydrogen) atoms. The number of esters is 1. The van der Waals surface area contributed by atoms with Crippen LogP contribution in [-0.2, 0) is 15.7 Å². The Balaban J connectivity index is 2.41. The van der Waals surface area contributed by atoms with Crippen LogP contribution in [0.25, 0.3) is 0 Å². The maximum Gasteiger partial charge on any atom is 0.417 e. The van der Waals surface area contributed by atoms with E-state index in [0.717, 1.165) is 0 Å². The number of benzene rings is 2. The van der Waals surface area contributed by atoms with E-state index >= 15 is 0 Å². The van der Waals surface area contributed by atoms with Crippen LogP contribution in [0.3, 0.4) is 0 Å². The van der Waals surface area contributed by atoms with Crippen LogP contribution in [0.4, 0.5) is 17.6 Å². The van der Waals surface area contributed by atoms with Gasteiger partial charge in [-0.2, -0.15) is 13.2 Å². The van der Waals surface area contributed by atoms with E-state index in [4.69, 9.17) is 4.74 Å². The molecule has 0 saturated heterocycles. The Morgan fingerprint density at radius 3 is 2.41 bits per heavy atom. The summed E-state index contributed by atoms with van der Waals surface area (Å²) in [6, 6.07) is 6.33. The Morgan fingerprint density at radius 2 is 1.83 bits per heavy atom. The van der Waals surface area contributed by atoms with Gasteiger partial charge >= 0.3 is 12.1 Å². The minimum Gasteiger partial charge on any atom is -0.464 e. The Hall–Kier alpha value is -2.94. The van der Waals surface area contributed by atoms with Crippen LogP contribution in [-0.4, -0.2) is 29.6 Å². The number of carbonyl (C=O) groups excluding carboxylic acids is 2. The third kappa shape index (κ3) is 5.32. The van der Waals surface area contributed by atoms with Crippen molar-refractivity contribution >= 4 is 11.9 Å². The van der Waals surface area contributed by atoms with Gasteiger partial charge in [-0.05, 0) is 43.2 Å². The summed E-state index contributed by atoms with van der Waals surface area (Å²) in [5.41, 5.74) is -1.49. The van der Waals surface area contributed by atoms with E-state index in [1.165, 1.54) is 13.0 Å². The lowest BCUT2D eigenvalue weighted by atomic mass is 9.97. The maximum absolute atomic E-state index is 13.3. The number of ether oxygens (including phenoxy) is 1. The standard InChI is InChI=1S/C20H19F4NO4/c1-3-29-19(28)16(17(26)13-7-5-4-6-11(13)2)25-18(27)14-9-8-12(21)10-15(14)20(22,23)24/h4-10,16-17,26H,3H2,1-2H3,(H,25,27). The van der Waals surface area contributed by atoms with Gasteiger partial charge < -0.3 is 15.2 Å². The van der Waals surface area contributed by atoms with Crippen molar-refractivity contribution in [2.45, 2.75) is 32.2 Å². The molecule has 1 amide bonds. The molecular formula is C20H19F4NO4. The summed E-state index contributed by atoms with van der Waals surface area (Å²) in [7, 11) is 0. The minimum atomic E-state index is -5.00. The van der Waals surface area contributed by atoms with Crippen LogP contribution in [0.1, 0.15) is 40.1 Å².